The second kappa shape index (κ2) is 13.2. The SMILES string of the molecule is c1ccc(-c2ccc3c(c2)c2ccc(-c4cccc5c4Cc4ccccc4-5)cc2n3-c2ccc(-c3nc(-c4ccccc4)nc(-c4ccccc4)n3)cc2)cc1. The molecule has 1 aliphatic rings. The Bertz CT molecular complexity index is 3020. The van der Waals surface area contributed by atoms with Gasteiger partial charge in [-0.3, -0.25) is 0 Å². The summed E-state index contributed by atoms with van der Waals surface area (Å²) in [5, 5.41) is 2.44. The molecular weight excluding hydrogens is 681 g/mol. The molecule has 1 aliphatic carbocycles. The summed E-state index contributed by atoms with van der Waals surface area (Å²) >= 11 is 0. The van der Waals surface area contributed by atoms with Crippen molar-refractivity contribution in [2.24, 2.45) is 0 Å². The molecule has 10 aromatic rings. The van der Waals surface area contributed by atoms with Gasteiger partial charge >= 0.3 is 0 Å². The van der Waals surface area contributed by atoms with Crippen molar-refractivity contribution in [3.05, 3.63) is 205 Å². The molecule has 4 nitrogen and oxygen atoms in total. The maximum Gasteiger partial charge on any atom is 0.164 e. The van der Waals surface area contributed by atoms with E-state index in [0.717, 1.165) is 34.3 Å². The van der Waals surface area contributed by atoms with Crippen molar-refractivity contribution in [3.8, 4) is 73.2 Å². The van der Waals surface area contributed by atoms with E-state index in [1.807, 2.05) is 60.7 Å². The van der Waals surface area contributed by atoms with Gasteiger partial charge in [0.15, 0.2) is 17.5 Å². The number of rotatable bonds is 6. The van der Waals surface area contributed by atoms with Crippen molar-refractivity contribution >= 4 is 21.8 Å². The Balaban J connectivity index is 1.07. The lowest BCUT2D eigenvalue weighted by atomic mass is 9.95. The van der Waals surface area contributed by atoms with Crippen LogP contribution in [0.1, 0.15) is 11.1 Å². The van der Waals surface area contributed by atoms with Gasteiger partial charge < -0.3 is 4.57 Å². The Labute approximate surface area is 325 Å². The first-order chi connectivity index (χ1) is 27.7. The van der Waals surface area contributed by atoms with E-state index in [1.54, 1.807) is 0 Å². The molecular formula is C52H34N4. The lowest BCUT2D eigenvalue weighted by Crippen LogP contribution is -2.00. The fourth-order valence-corrected chi connectivity index (χ4v) is 8.40. The highest BCUT2D eigenvalue weighted by molar-refractivity contribution is 6.11. The standard InChI is InChI=1S/C52H34N4/c1-4-13-34(14-5-1)38-26-30-48-47(31-38)45-29-25-40(43-21-12-22-44-42-20-11-10-19-39(42)32-46(43)44)33-49(45)56(48)41-27-23-37(24-28-41)52-54-50(35-15-6-2-7-16-35)53-51(55-52)36-17-8-3-9-18-36/h1-31,33H,32H2. The number of fused-ring (bicyclic) bond motifs is 6. The van der Waals surface area contributed by atoms with E-state index in [9.17, 15) is 0 Å². The summed E-state index contributed by atoms with van der Waals surface area (Å²) in [6.07, 6.45) is 0.944. The average Bonchev–Trinajstić information content (AvgIpc) is 3.82. The summed E-state index contributed by atoms with van der Waals surface area (Å²) in [5.74, 6) is 1.94. The molecule has 262 valence electrons. The summed E-state index contributed by atoms with van der Waals surface area (Å²) in [6.45, 7) is 0. The van der Waals surface area contributed by atoms with Crippen LogP contribution in [0.4, 0.5) is 0 Å². The molecule has 8 aromatic carbocycles. The van der Waals surface area contributed by atoms with Crippen LogP contribution < -0.4 is 0 Å². The first-order valence-corrected chi connectivity index (χ1v) is 19.1. The fraction of sp³-hybridized carbons (Fsp3) is 0.0192. The normalized spacial score (nSPS) is 11.9. The van der Waals surface area contributed by atoms with Gasteiger partial charge in [-0.2, -0.15) is 0 Å². The molecule has 0 amide bonds. The van der Waals surface area contributed by atoms with Gasteiger partial charge in [0.05, 0.1) is 11.0 Å². The number of hydrogen-bond acceptors (Lipinski definition) is 3. The highest BCUT2D eigenvalue weighted by Gasteiger charge is 2.22. The third-order valence-corrected chi connectivity index (χ3v) is 11.1. The van der Waals surface area contributed by atoms with Gasteiger partial charge in [-0.25, -0.2) is 15.0 Å². The maximum absolute atomic E-state index is 4.99. The molecule has 0 saturated carbocycles. The highest BCUT2D eigenvalue weighted by Crippen LogP contribution is 2.43. The van der Waals surface area contributed by atoms with Crippen LogP contribution >= 0.6 is 0 Å². The van der Waals surface area contributed by atoms with Crippen molar-refractivity contribution < 1.29 is 0 Å². The minimum Gasteiger partial charge on any atom is -0.309 e. The van der Waals surface area contributed by atoms with Gasteiger partial charge in [0.25, 0.3) is 0 Å². The number of aromatic nitrogens is 4. The summed E-state index contributed by atoms with van der Waals surface area (Å²) in [7, 11) is 0. The van der Waals surface area contributed by atoms with E-state index in [1.165, 1.54) is 60.8 Å². The summed E-state index contributed by atoms with van der Waals surface area (Å²) < 4.78 is 2.41. The molecule has 0 aliphatic heterocycles. The summed E-state index contributed by atoms with van der Waals surface area (Å²) in [4.78, 5) is 14.9. The molecule has 0 unspecified atom stereocenters. The van der Waals surface area contributed by atoms with Crippen LogP contribution in [-0.4, -0.2) is 19.5 Å². The molecule has 0 saturated heterocycles. The zero-order valence-electron chi connectivity index (χ0n) is 30.5. The molecule has 0 bridgehead atoms. The molecule has 11 rings (SSSR count). The highest BCUT2D eigenvalue weighted by atomic mass is 15.0. The zero-order valence-corrected chi connectivity index (χ0v) is 30.5. The molecule has 0 spiro atoms. The minimum absolute atomic E-state index is 0.639. The van der Waals surface area contributed by atoms with E-state index in [-0.39, 0.29) is 0 Å². The zero-order chi connectivity index (χ0) is 37.0. The van der Waals surface area contributed by atoms with E-state index in [2.05, 4.69) is 138 Å². The van der Waals surface area contributed by atoms with Gasteiger partial charge in [0, 0.05) is 33.2 Å². The van der Waals surface area contributed by atoms with Gasteiger partial charge in [0.1, 0.15) is 0 Å². The number of benzene rings is 8. The first-order valence-electron chi connectivity index (χ1n) is 19.1. The van der Waals surface area contributed by atoms with E-state index in [4.69, 9.17) is 15.0 Å². The van der Waals surface area contributed by atoms with E-state index in [0.29, 0.717) is 17.5 Å². The number of nitrogens with zero attached hydrogens (tertiary/aromatic N) is 4. The number of hydrogen-bond donors (Lipinski definition) is 0. The maximum atomic E-state index is 4.99. The van der Waals surface area contributed by atoms with E-state index < -0.39 is 0 Å². The van der Waals surface area contributed by atoms with Crippen molar-refractivity contribution in [3.63, 3.8) is 0 Å². The van der Waals surface area contributed by atoms with E-state index >= 15 is 0 Å². The van der Waals surface area contributed by atoms with Crippen molar-refractivity contribution in [2.45, 2.75) is 6.42 Å². The fourth-order valence-electron chi connectivity index (χ4n) is 8.40. The Morgan fingerprint density at radius 1 is 0.339 bits per heavy atom. The van der Waals surface area contributed by atoms with Crippen LogP contribution in [0.15, 0.2) is 194 Å². The quantitative estimate of drug-likeness (QED) is 0.172. The lowest BCUT2D eigenvalue weighted by molar-refractivity contribution is 1.07. The Morgan fingerprint density at radius 3 is 1.55 bits per heavy atom. The Hall–Kier alpha value is -7.43. The molecule has 0 fully saturated rings. The molecule has 0 N–H and O–H groups in total. The van der Waals surface area contributed by atoms with Gasteiger partial charge in [-0.05, 0) is 93.4 Å². The minimum atomic E-state index is 0.639. The lowest BCUT2D eigenvalue weighted by Gasteiger charge is -2.12. The van der Waals surface area contributed by atoms with Crippen LogP contribution in [0.5, 0.6) is 0 Å². The summed E-state index contributed by atoms with van der Waals surface area (Å²) in [5.41, 5.74) is 16.6. The second-order valence-corrected chi connectivity index (χ2v) is 14.4. The third-order valence-electron chi connectivity index (χ3n) is 11.1. The third kappa shape index (κ3) is 5.42. The smallest absolute Gasteiger partial charge is 0.164 e. The Kier molecular flexibility index (Phi) is 7.52. The van der Waals surface area contributed by atoms with Crippen LogP contribution in [0, 0.1) is 0 Å². The predicted octanol–water partition coefficient (Wildman–Crippen LogP) is 12.9. The monoisotopic (exact) mass is 714 g/mol. The molecule has 2 heterocycles. The van der Waals surface area contributed by atoms with Crippen LogP contribution in [0.2, 0.25) is 0 Å². The van der Waals surface area contributed by atoms with Crippen molar-refractivity contribution in [1.82, 2.24) is 19.5 Å². The predicted molar refractivity (Wildman–Crippen MR) is 230 cm³/mol. The van der Waals surface area contributed by atoms with Crippen molar-refractivity contribution in [1.29, 1.82) is 0 Å². The van der Waals surface area contributed by atoms with Crippen molar-refractivity contribution in [2.75, 3.05) is 0 Å². The topological polar surface area (TPSA) is 43.6 Å². The largest absolute Gasteiger partial charge is 0.309 e. The summed E-state index contributed by atoms with van der Waals surface area (Å²) in [6, 6.07) is 68.9. The molecule has 0 atom stereocenters. The average molecular weight is 715 g/mol. The first kappa shape index (κ1) is 32.0. The van der Waals surface area contributed by atoms with Crippen LogP contribution in [0.25, 0.3) is 95.0 Å². The van der Waals surface area contributed by atoms with Gasteiger partial charge in [-0.15, -0.1) is 0 Å². The van der Waals surface area contributed by atoms with Crippen LogP contribution in [-0.2, 0) is 6.42 Å². The molecule has 4 heteroatoms. The van der Waals surface area contributed by atoms with Crippen LogP contribution in [0.3, 0.4) is 0 Å². The molecule has 0 radical (unpaired) electrons. The Morgan fingerprint density at radius 2 is 0.875 bits per heavy atom. The molecule has 56 heavy (non-hydrogen) atoms. The molecule has 2 aromatic heterocycles. The second-order valence-electron chi connectivity index (χ2n) is 14.4. The van der Waals surface area contributed by atoms with Gasteiger partial charge in [0.2, 0.25) is 0 Å². The van der Waals surface area contributed by atoms with Gasteiger partial charge in [-0.1, -0.05) is 152 Å².